The highest BCUT2D eigenvalue weighted by atomic mass is 79.9. The van der Waals surface area contributed by atoms with Crippen molar-refractivity contribution in [2.24, 2.45) is 17.8 Å². The van der Waals surface area contributed by atoms with Crippen molar-refractivity contribution in [3.05, 3.63) is 34.3 Å². The number of halogens is 1. The van der Waals surface area contributed by atoms with Gasteiger partial charge in [-0.2, -0.15) is 0 Å². The second-order valence-corrected chi connectivity index (χ2v) is 6.80. The zero-order valence-electron chi connectivity index (χ0n) is 12.7. The molecular weight excluding hydrogens is 330 g/mol. The summed E-state index contributed by atoms with van der Waals surface area (Å²) in [7, 11) is 1.00. The quantitative estimate of drug-likeness (QED) is 0.851. The zero-order chi connectivity index (χ0) is 15.1. The second kappa shape index (κ2) is 8.89. The van der Waals surface area contributed by atoms with Crippen molar-refractivity contribution in [2.45, 2.75) is 25.9 Å². The van der Waals surface area contributed by atoms with Crippen LogP contribution in [0.2, 0.25) is 0 Å². The Kier molecular flexibility index (Phi) is 7.17. The summed E-state index contributed by atoms with van der Waals surface area (Å²) in [5.41, 5.74) is 1.27. The fourth-order valence-corrected chi connectivity index (χ4v) is 3.49. The highest BCUT2D eigenvalue weighted by Gasteiger charge is 2.42. The summed E-state index contributed by atoms with van der Waals surface area (Å²) in [6.45, 7) is 4.13. The van der Waals surface area contributed by atoms with Gasteiger partial charge in [-0.25, -0.2) is 0 Å². The lowest BCUT2D eigenvalue weighted by atomic mass is 9.92. The van der Waals surface area contributed by atoms with Crippen molar-refractivity contribution >= 4 is 15.9 Å². The van der Waals surface area contributed by atoms with Gasteiger partial charge in [0.2, 0.25) is 0 Å². The van der Waals surface area contributed by atoms with Crippen LogP contribution in [0.5, 0.6) is 0 Å². The first-order valence-electron chi connectivity index (χ1n) is 7.80. The van der Waals surface area contributed by atoms with Crippen LogP contribution >= 0.6 is 15.9 Å². The smallest absolute Gasteiger partial charge is 0.0717 e. The molecule has 0 aromatic heterocycles. The van der Waals surface area contributed by atoms with Crippen LogP contribution < -0.4 is 5.32 Å². The van der Waals surface area contributed by atoms with Gasteiger partial charge in [0.25, 0.3) is 0 Å². The summed E-state index contributed by atoms with van der Waals surface area (Å²) in [4.78, 5) is 0. The lowest BCUT2D eigenvalue weighted by Crippen LogP contribution is -2.29. The minimum absolute atomic E-state index is 0.753. The fraction of sp³-hybridized carbons (Fsp3) is 0.647. The van der Waals surface area contributed by atoms with Crippen LogP contribution in [0, 0.1) is 17.8 Å². The molecule has 2 fully saturated rings. The van der Waals surface area contributed by atoms with Crippen molar-refractivity contribution < 1.29 is 9.84 Å². The van der Waals surface area contributed by atoms with Gasteiger partial charge in [-0.05, 0) is 67.8 Å². The van der Waals surface area contributed by atoms with Crippen molar-refractivity contribution in [3.63, 3.8) is 0 Å². The number of aliphatic hydroxyl groups excluding tert-OH is 1. The Morgan fingerprint density at radius 3 is 2.52 bits per heavy atom. The van der Waals surface area contributed by atoms with Crippen LogP contribution in [0.25, 0.3) is 0 Å². The maximum atomic E-state index is 7.00. The maximum absolute atomic E-state index is 7.00. The van der Waals surface area contributed by atoms with Gasteiger partial charge in [-0.1, -0.05) is 28.1 Å². The van der Waals surface area contributed by atoms with Gasteiger partial charge in [0.05, 0.1) is 13.2 Å². The van der Waals surface area contributed by atoms with E-state index in [0.29, 0.717) is 0 Å². The minimum atomic E-state index is 0.753. The van der Waals surface area contributed by atoms with Gasteiger partial charge in [-0.15, -0.1) is 0 Å². The summed E-state index contributed by atoms with van der Waals surface area (Å²) in [6, 6.07) is 8.41. The molecule has 1 aliphatic heterocycles. The molecule has 0 spiro atoms. The molecule has 2 N–H and O–H groups in total. The molecule has 2 atom stereocenters. The van der Waals surface area contributed by atoms with E-state index < -0.39 is 0 Å². The molecule has 118 valence electrons. The molecule has 2 unspecified atom stereocenters. The average Bonchev–Trinajstić information content (AvgIpc) is 3.32. The first-order valence-corrected chi connectivity index (χ1v) is 8.60. The molecule has 2 aliphatic rings. The molecule has 1 aromatic rings. The monoisotopic (exact) mass is 355 g/mol. The van der Waals surface area contributed by atoms with Crippen LogP contribution in [0.1, 0.15) is 24.8 Å². The standard InChI is InChI=1S/C16H22BrNO.CH4O/c17-15-3-1-12(2-4-15)10-19-11-14-9-16(14)13-5-7-18-8-6-13;1-2/h1-4,13-14,16,18H,5-11H2;2H,1H3. The number of piperidine rings is 1. The highest BCUT2D eigenvalue weighted by Crippen LogP contribution is 2.47. The molecule has 1 saturated carbocycles. The predicted octanol–water partition coefficient (Wildman–Crippen LogP) is 3.21. The topological polar surface area (TPSA) is 41.5 Å². The third-order valence-electron chi connectivity index (χ3n) is 4.48. The molecule has 21 heavy (non-hydrogen) atoms. The predicted molar refractivity (Wildman–Crippen MR) is 89.1 cm³/mol. The normalized spacial score (nSPS) is 25.1. The summed E-state index contributed by atoms with van der Waals surface area (Å²) in [5, 5.41) is 10.4. The number of hydrogen-bond acceptors (Lipinski definition) is 3. The molecule has 1 saturated heterocycles. The number of hydrogen-bond donors (Lipinski definition) is 2. The van der Waals surface area contributed by atoms with Crippen molar-refractivity contribution in [1.82, 2.24) is 5.32 Å². The summed E-state index contributed by atoms with van der Waals surface area (Å²) in [5.74, 6) is 2.74. The Morgan fingerprint density at radius 1 is 1.19 bits per heavy atom. The molecule has 1 heterocycles. The molecule has 3 rings (SSSR count). The second-order valence-electron chi connectivity index (χ2n) is 5.89. The Bertz CT molecular complexity index is 404. The SMILES string of the molecule is Brc1ccc(COCC2CC2C2CCNCC2)cc1.CO. The van der Waals surface area contributed by atoms with Crippen LogP contribution in [-0.4, -0.2) is 31.9 Å². The number of nitrogens with one attached hydrogen (secondary N) is 1. The largest absolute Gasteiger partial charge is 0.400 e. The molecular formula is C17H26BrNO2. The van der Waals surface area contributed by atoms with Crippen molar-refractivity contribution in [1.29, 1.82) is 0 Å². The van der Waals surface area contributed by atoms with Gasteiger partial charge >= 0.3 is 0 Å². The van der Waals surface area contributed by atoms with Gasteiger partial charge < -0.3 is 15.2 Å². The highest BCUT2D eigenvalue weighted by molar-refractivity contribution is 9.10. The van der Waals surface area contributed by atoms with E-state index in [9.17, 15) is 0 Å². The van der Waals surface area contributed by atoms with Crippen molar-refractivity contribution in [2.75, 3.05) is 26.8 Å². The molecule has 3 nitrogen and oxygen atoms in total. The summed E-state index contributed by atoms with van der Waals surface area (Å²) in [6.07, 6.45) is 4.13. The molecule has 0 radical (unpaired) electrons. The molecule has 1 aliphatic carbocycles. The van der Waals surface area contributed by atoms with E-state index in [1.165, 1.54) is 37.9 Å². The third kappa shape index (κ3) is 5.37. The average molecular weight is 356 g/mol. The van der Waals surface area contributed by atoms with E-state index in [-0.39, 0.29) is 0 Å². The number of rotatable bonds is 5. The molecule has 4 heteroatoms. The van der Waals surface area contributed by atoms with Gasteiger partial charge in [0.1, 0.15) is 0 Å². The lowest BCUT2D eigenvalue weighted by Gasteiger charge is -2.22. The van der Waals surface area contributed by atoms with Crippen LogP contribution in [0.4, 0.5) is 0 Å². The van der Waals surface area contributed by atoms with Crippen molar-refractivity contribution in [3.8, 4) is 0 Å². The van der Waals surface area contributed by atoms with E-state index in [0.717, 1.165) is 42.5 Å². The van der Waals surface area contributed by atoms with E-state index in [1.54, 1.807) is 0 Å². The maximum Gasteiger partial charge on any atom is 0.0717 e. The lowest BCUT2D eigenvalue weighted by molar-refractivity contribution is 0.104. The Hall–Kier alpha value is -0.420. The van der Waals surface area contributed by atoms with E-state index in [1.807, 2.05) is 0 Å². The van der Waals surface area contributed by atoms with Crippen LogP contribution in [-0.2, 0) is 11.3 Å². The number of ether oxygens (including phenoxy) is 1. The first-order chi connectivity index (χ1) is 10.3. The molecule has 0 amide bonds. The van der Waals surface area contributed by atoms with Gasteiger partial charge in [0.15, 0.2) is 0 Å². The van der Waals surface area contributed by atoms with E-state index in [4.69, 9.17) is 9.84 Å². The first kappa shape index (κ1) is 16.9. The molecule has 1 aromatic carbocycles. The Balaban J connectivity index is 0.000000774. The van der Waals surface area contributed by atoms with E-state index >= 15 is 0 Å². The fourth-order valence-electron chi connectivity index (χ4n) is 3.22. The third-order valence-corrected chi connectivity index (χ3v) is 5.01. The zero-order valence-corrected chi connectivity index (χ0v) is 14.3. The summed E-state index contributed by atoms with van der Waals surface area (Å²) < 4.78 is 7.00. The summed E-state index contributed by atoms with van der Waals surface area (Å²) >= 11 is 3.45. The van der Waals surface area contributed by atoms with Gasteiger partial charge in [0, 0.05) is 11.6 Å². The molecule has 0 bridgehead atoms. The number of aliphatic hydroxyl groups is 1. The number of benzene rings is 1. The Labute approximate surface area is 136 Å². The Morgan fingerprint density at radius 2 is 1.86 bits per heavy atom. The van der Waals surface area contributed by atoms with E-state index in [2.05, 4.69) is 45.5 Å². The minimum Gasteiger partial charge on any atom is -0.400 e. The van der Waals surface area contributed by atoms with Crippen LogP contribution in [0.3, 0.4) is 0 Å². The van der Waals surface area contributed by atoms with Crippen LogP contribution in [0.15, 0.2) is 28.7 Å². The van der Waals surface area contributed by atoms with Gasteiger partial charge in [-0.3, -0.25) is 0 Å².